The summed E-state index contributed by atoms with van der Waals surface area (Å²) in [5.74, 6) is 0. The van der Waals surface area contributed by atoms with Crippen LogP contribution in [0.15, 0.2) is 78.9 Å². The molecular weight excluding hydrogens is 612 g/mol. The molecule has 47 heavy (non-hydrogen) atoms. The summed E-state index contributed by atoms with van der Waals surface area (Å²) >= 11 is 6.31. The summed E-state index contributed by atoms with van der Waals surface area (Å²) in [5.41, 5.74) is 6.01. The quantitative estimate of drug-likeness (QED) is 0.190. The van der Waals surface area contributed by atoms with Crippen LogP contribution in [0, 0.1) is 6.92 Å². The molecule has 2 N–H and O–H groups in total. The van der Waals surface area contributed by atoms with Gasteiger partial charge in [-0.1, -0.05) is 83.5 Å². The highest BCUT2D eigenvalue weighted by Gasteiger charge is 2.32. The van der Waals surface area contributed by atoms with Crippen LogP contribution in [-0.2, 0) is 30.7 Å². The predicted molar refractivity (Wildman–Crippen MR) is 185 cm³/mol. The van der Waals surface area contributed by atoms with Crippen molar-refractivity contribution in [2.75, 3.05) is 31.1 Å². The molecule has 0 spiro atoms. The lowest BCUT2D eigenvalue weighted by Gasteiger charge is -2.36. The summed E-state index contributed by atoms with van der Waals surface area (Å²) in [6.07, 6.45) is 4.68. The van der Waals surface area contributed by atoms with Crippen LogP contribution in [0.3, 0.4) is 0 Å². The molecule has 1 aromatic heterocycles. The third-order valence-electron chi connectivity index (χ3n) is 9.52. The summed E-state index contributed by atoms with van der Waals surface area (Å²) in [4.78, 5) is 18.1. The van der Waals surface area contributed by atoms with Gasteiger partial charge in [0.1, 0.15) is 11.8 Å². The molecule has 6 rings (SSSR count). The van der Waals surface area contributed by atoms with Crippen LogP contribution < -0.4 is 10.2 Å². The first-order chi connectivity index (χ1) is 23.0. The number of halogens is 1. The molecule has 0 unspecified atom stereocenters. The smallest absolute Gasteiger partial charge is 0.407 e. The van der Waals surface area contributed by atoms with Crippen LogP contribution in [-0.4, -0.2) is 69.4 Å². The molecule has 1 amide bonds. The van der Waals surface area contributed by atoms with Crippen LogP contribution in [0.1, 0.15) is 59.8 Å². The lowest BCUT2D eigenvalue weighted by molar-refractivity contribution is 0.0943. The van der Waals surface area contributed by atoms with E-state index in [9.17, 15) is 9.90 Å². The van der Waals surface area contributed by atoms with E-state index in [2.05, 4.69) is 62.7 Å². The molecule has 3 aromatic carbocycles. The van der Waals surface area contributed by atoms with Gasteiger partial charge in [-0.05, 0) is 74.3 Å². The Bertz CT molecular complexity index is 1590. The van der Waals surface area contributed by atoms with Gasteiger partial charge in [0, 0.05) is 43.4 Å². The van der Waals surface area contributed by atoms with Crippen molar-refractivity contribution in [1.29, 1.82) is 0 Å². The van der Waals surface area contributed by atoms with E-state index in [1.165, 1.54) is 11.3 Å². The first kappa shape index (κ1) is 33.0. The third-order valence-corrected chi connectivity index (χ3v) is 9.76. The Labute approximate surface area is 282 Å². The van der Waals surface area contributed by atoms with Crippen LogP contribution in [0.25, 0.3) is 0 Å². The number of piperazine rings is 1. The van der Waals surface area contributed by atoms with E-state index in [-0.39, 0.29) is 24.8 Å². The normalized spacial score (nSPS) is 17.0. The Morgan fingerprint density at radius 2 is 1.62 bits per heavy atom. The number of carbonyl (C=O) groups excluding carboxylic acids is 1. The van der Waals surface area contributed by atoms with Crippen molar-refractivity contribution in [3.63, 3.8) is 0 Å². The molecular formula is C37H45ClN6O3. The average Bonchev–Trinajstić information content (AvgIpc) is 3.75. The Morgan fingerprint density at radius 1 is 0.957 bits per heavy atom. The number of hydrogen-bond acceptors (Lipinski definition) is 7. The van der Waals surface area contributed by atoms with Crippen LogP contribution in [0.4, 0.5) is 10.5 Å². The number of rotatable bonds is 12. The van der Waals surface area contributed by atoms with E-state index in [1.54, 1.807) is 0 Å². The molecule has 2 fully saturated rings. The van der Waals surface area contributed by atoms with E-state index >= 15 is 0 Å². The number of nitrogens with one attached hydrogen (secondary N) is 1. The van der Waals surface area contributed by atoms with Gasteiger partial charge in [-0.2, -0.15) is 0 Å². The van der Waals surface area contributed by atoms with Crippen molar-refractivity contribution < 1.29 is 14.6 Å². The maximum absolute atomic E-state index is 13.3. The Kier molecular flexibility index (Phi) is 11.1. The maximum Gasteiger partial charge on any atom is 0.407 e. The van der Waals surface area contributed by atoms with Crippen molar-refractivity contribution in [2.24, 2.45) is 0 Å². The number of alkyl carbamates (subject to hydrolysis) is 1. The monoisotopic (exact) mass is 656 g/mol. The van der Waals surface area contributed by atoms with Crippen molar-refractivity contribution in [3.8, 4) is 0 Å². The molecule has 1 aliphatic carbocycles. The molecule has 9 nitrogen and oxygen atoms in total. The second kappa shape index (κ2) is 15.8. The first-order valence-electron chi connectivity index (χ1n) is 16.8. The van der Waals surface area contributed by atoms with Gasteiger partial charge in [-0.25, -0.2) is 9.48 Å². The molecule has 1 aliphatic heterocycles. The fraction of sp³-hybridized carbons (Fsp3) is 0.432. The second-order valence-corrected chi connectivity index (χ2v) is 13.2. The number of anilines is 1. The Balaban J connectivity index is 1.24. The molecule has 0 bridgehead atoms. The van der Waals surface area contributed by atoms with Crippen molar-refractivity contribution in [1.82, 2.24) is 25.2 Å². The minimum Gasteiger partial charge on any atom is -0.446 e. The lowest BCUT2D eigenvalue weighted by atomic mass is 9.94. The SMILES string of the molecule is Cc1ccc(Cl)cc1N1CCN(Cc2nnn([C@@H](Cc3ccccc3)[C@H](Cc3ccccc3)NC(=O)OC3CCCC3)c2CO)CC1. The van der Waals surface area contributed by atoms with E-state index in [0.29, 0.717) is 25.1 Å². The average molecular weight is 657 g/mol. The van der Waals surface area contributed by atoms with E-state index < -0.39 is 6.09 Å². The highest BCUT2D eigenvalue weighted by molar-refractivity contribution is 6.30. The molecule has 2 aliphatic rings. The minimum absolute atomic E-state index is 0.0471. The molecule has 0 radical (unpaired) electrons. The van der Waals surface area contributed by atoms with Gasteiger partial charge in [0.2, 0.25) is 0 Å². The van der Waals surface area contributed by atoms with Gasteiger partial charge < -0.3 is 20.1 Å². The number of nitrogens with zero attached hydrogens (tertiary/aromatic N) is 5. The van der Waals surface area contributed by atoms with Crippen molar-refractivity contribution in [2.45, 2.75) is 76.8 Å². The van der Waals surface area contributed by atoms with Gasteiger partial charge in [-0.15, -0.1) is 5.10 Å². The number of aryl methyl sites for hydroxylation is 1. The Morgan fingerprint density at radius 3 is 2.28 bits per heavy atom. The topological polar surface area (TPSA) is 95.8 Å². The number of aliphatic hydroxyl groups is 1. The van der Waals surface area contributed by atoms with Crippen molar-refractivity contribution in [3.05, 3.63) is 112 Å². The largest absolute Gasteiger partial charge is 0.446 e. The van der Waals surface area contributed by atoms with Crippen LogP contribution in [0.2, 0.25) is 5.02 Å². The zero-order valence-corrected chi connectivity index (χ0v) is 27.9. The maximum atomic E-state index is 13.3. The summed E-state index contributed by atoms with van der Waals surface area (Å²) < 4.78 is 7.71. The number of aliphatic hydroxyl groups excluding tert-OH is 1. The fourth-order valence-electron chi connectivity index (χ4n) is 6.93. The standard InChI is InChI=1S/C37H45ClN6O3/c1-27-16-17-30(38)24-34(27)43-20-18-42(19-21-43)25-33-36(26-45)44(41-40-33)35(23-29-12-6-3-7-13-29)32(22-28-10-4-2-5-11-28)39-37(46)47-31-14-8-9-15-31/h2-7,10-13,16-17,24,31-32,35,45H,8-9,14-15,18-23,25-26H2,1H3,(H,39,46)/t32-,35-/m0/s1. The van der Waals surface area contributed by atoms with E-state index in [1.807, 2.05) is 53.2 Å². The summed E-state index contributed by atoms with van der Waals surface area (Å²) in [6, 6.07) is 25.7. The lowest BCUT2D eigenvalue weighted by Crippen LogP contribution is -2.46. The van der Waals surface area contributed by atoms with Crippen LogP contribution >= 0.6 is 11.6 Å². The number of ether oxygens (including phenoxy) is 1. The molecule has 1 saturated heterocycles. The van der Waals surface area contributed by atoms with Crippen molar-refractivity contribution >= 4 is 23.4 Å². The molecule has 2 heterocycles. The van der Waals surface area contributed by atoms with Gasteiger partial charge in [0.05, 0.1) is 24.4 Å². The molecule has 4 aromatic rings. The number of benzene rings is 3. The molecule has 248 valence electrons. The highest BCUT2D eigenvalue weighted by Crippen LogP contribution is 2.28. The van der Waals surface area contributed by atoms with Gasteiger partial charge in [0.25, 0.3) is 0 Å². The van der Waals surface area contributed by atoms with Gasteiger partial charge in [-0.3, -0.25) is 4.90 Å². The van der Waals surface area contributed by atoms with Gasteiger partial charge >= 0.3 is 6.09 Å². The summed E-state index contributed by atoms with van der Waals surface area (Å²) in [7, 11) is 0. The van der Waals surface area contributed by atoms with E-state index in [4.69, 9.17) is 16.3 Å². The molecule has 2 atom stereocenters. The summed E-state index contributed by atoms with van der Waals surface area (Å²) in [6.45, 7) is 5.92. The fourth-order valence-corrected chi connectivity index (χ4v) is 7.10. The van der Waals surface area contributed by atoms with E-state index in [0.717, 1.165) is 73.7 Å². The summed E-state index contributed by atoms with van der Waals surface area (Å²) in [5, 5.41) is 24.0. The molecule has 1 saturated carbocycles. The number of aromatic nitrogens is 3. The third kappa shape index (κ3) is 8.52. The first-order valence-corrected chi connectivity index (χ1v) is 17.2. The zero-order valence-electron chi connectivity index (χ0n) is 27.1. The highest BCUT2D eigenvalue weighted by atomic mass is 35.5. The number of hydrogen-bond donors (Lipinski definition) is 2. The Hall–Kier alpha value is -3.92. The number of amides is 1. The second-order valence-electron chi connectivity index (χ2n) is 12.8. The molecule has 10 heteroatoms. The zero-order chi connectivity index (χ0) is 32.6. The number of carbonyl (C=O) groups is 1. The van der Waals surface area contributed by atoms with Crippen LogP contribution in [0.5, 0.6) is 0 Å². The minimum atomic E-state index is -0.408. The van der Waals surface area contributed by atoms with Gasteiger partial charge in [0.15, 0.2) is 0 Å². The predicted octanol–water partition coefficient (Wildman–Crippen LogP) is 6.12.